The minimum Gasteiger partial charge on any atom is -0.465 e. The van der Waals surface area contributed by atoms with Crippen molar-refractivity contribution in [2.75, 3.05) is 12.4 Å². The normalized spacial score (nSPS) is 23.0. The number of benzene rings is 2. The van der Waals surface area contributed by atoms with Crippen molar-refractivity contribution in [2.45, 2.75) is 24.6 Å². The van der Waals surface area contributed by atoms with Gasteiger partial charge in [-0.15, -0.1) is 0 Å². The third-order valence-electron chi connectivity index (χ3n) is 5.48. The van der Waals surface area contributed by atoms with Crippen molar-refractivity contribution in [1.82, 2.24) is 0 Å². The van der Waals surface area contributed by atoms with Crippen LogP contribution in [0.25, 0.3) is 0 Å². The molecule has 3 nitrogen and oxygen atoms in total. The molecular formula is C21H17ClF3NO2. The van der Waals surface area contributed by atoms with E-state index in [1.54, 1.807) is 18.2 Å². The van der Waals surface area contributed by atoms with Gasteiger partial charge >= 0.3 is 12.1 Å². The first kappa shape index (κ1) is 18.9. The van der Waals surface area contributed by atoms with Gasteiger partial charge in [-0.1, -0.05) is 42.0 Å². The number of methoxy groups -OCH3 is 1. The highest BCUT2D eigenvalue weighted by atomic mass is 35.5. The average Bonchev–Trinajstić information content (AvgIpc) is 3.16. The largest absolute Gasteiger partial charge is 0.465 e. The highest BCUT2D eigenvalue weighted by molar-refractivity contribution is 6.33. The Morgan fingerprint density at radius 2 is 1.96 bits per heavy atom. The molecule has 0 saturated carbocycles. The van der Waals surface area contributed by atoms with E-state index in [9.17, 15) is 18.0 Å². The number of hydrogen-bond donors (Lipinski definition) is 1. The molecular weight excluding hydrogens is 391 g/mol. The molecule has 0 spiro atoms. The fourth-order valence-corrected chi connectivity index (χ4v) is 4.52. The van der Waals surface area contributed by atoms with Crippen molar-refractivity contribution in [3.05, 3.63) is 75.8 Å². The Hall–Kier alpha value is -2.47. The molecule has 0 fully saturated rings. The van der Waals surface area contributed by atoms with Crippen molar-refractivity contribution in [3.8, 4) is 0 Å². The molecule has 0 bridgehead atoms. The SMILES string of the molecule is COC(=O)c1ccc(Cl)c2c1C1C=CCC1C(c1ccccc1C(F)(F)F)N2. The predicted molar refractivity (Wildman–Crippen MR) is 101 cm³/mol. The van der Waals surface area contributed by atoms with Crippen molar-refractivity contribution in [1.29, 1.82) is 0 Å². The lowest BCUT2D eigenvalue weighted by atomic mass is 9.74. The van der Waals surface area contributed by atoms with Gasteiger partial charge < -0.3 is 10.1 Å². The Kier molecular flexibility index (Phi) is 4.62. The molecule has 2 aromatic rings. The van der Waals surface area contributed by atoms with Crippen LogP contribution in [0.3, 0.4) is 0 Å². The Labute approximate surface area is 165 Å². The second-order valence-electron chi connectivity index (χ2n) is 6.94. The highest BCUT2D eigenvalue weighted by Crippen LogP contribution is 2.54. The van der Waals surface area contributed by atoms with Crippen LogP contribution in [-0.4, -0.2) is 13.1 Å². The maximum Gasteiger partial charge on any atom is 0.416 e. The van der Waals surface area contributed by atoms with E-state index in [0.29, 0.717) is 28.3 Å². The monoisotopic (exact) mass is 407 g/mol. The van der Waals surface area contributed by atoms with E-state index >= 15 is 0 Å². The van der Waals surface area contributed by atoms with Gasteiger partial charge in [0, 0.05) is 5.92 Å². The first-order chi connectivity index (χ1) is 13.3. The number of anilines is 1. The molecule has 1 aliphatic heterocycles. The van der Waals surface area contributed by atoms with Crippen molar-refractivity contribution >= 4 is 23.3 Å². The van der Waals surface area contributed by atoms with Crippen LogP contribution >= 0.6 is 11.6 Å². The summed E-state index contributed by atoms with van der Waals surface area (Å²) < 4.78 is 45.7. The summed E-state index contributed by atoms with van der Waals surface area (Å²) in [6, 6.07) is 8.15. The quantitative estimate of drug-likeness (QED) is 0.492. The zero-order valence-corrected chi connectivity index (χ0v) is 15.6. The second-order valence-corrected chi connectivity index (χ2v) is 7.34. The van der Waals surface area contributed by atoms with E-state index in [4.69, 9.17) is 16.3 Å². The molecule has 28 heavy (non-hydrogen) atoms. The van der Waals surface area contributed by atoms with E-state index in [-0.39, 0.29) is 17.4 Å². The molecule has 146 valence electrons. The number of ether oxygens (including phenoxy) is 1. The zero-order chi connectivity index (χ0) is 20.1. The number of fused-ring (bicyclic) bond motifs is 3. The van der Waals surface area contributed by atoms with Crippen LogP contribution in [0.15, 0.2) is 48.6 Å². The number of rotatable bonds is 2. The molecule has 1 N–H and O–H groups in total. The van der Waals surface area contributed by atoms with Crippen LogP contribution in [-0.2, 0) is 10.9 Å². The highest BCUT2D eigenvalue weighted by Gasteiger charge is 2.44. The van der Waals surface area contributed by atoms with E-state index in [1.807, 2.05) is 12.2 Å². The molecule has 7 heteroatoms. The summed E-state index contributed by atoms with van der Waals surface area (Å²) in [4.78, 5) is 12.3. The number of allylic oxidation sites excluding steroid dienone is 2. The number of nitrogens with one attached hydrogen (secondary N) is 1. The van der Waals surface area contributed by atoms with E-state index in [0.717, 1.165) is 6.07 Å². The van der Waals surface area contributed by atoms with Crippen molar-refractivity contribution in [3.63, 3.8) is 0 Å². The summed E-state index contributed by atoms with van der Waals surface area (Å²) in [5.41, 5.74) is 1.05. The fraction of sp³-hybridized carbons (Fsp3) is 0.286. The summed E-state index contributed by atoms with van der Waals surface area (Å²) in [5.74, 6) is -0.892. The van der Waals surface area contributed by atoms with E-state index < -0.39 is 23.8 Å². The summed E-state index contributed by atoms with van der Waals surface area (Å²) >= 11 is 6.37. The maximum absolute atomic E-state index is 13.6. The number of carbonyl (C=O) groups excluding carboxylic acids is 1. The lowest BCUT2D eigenvalue weighted by Gasteiger charge is -2.39. The van der Waals surface area contributed by atoms with Crippen LogP contribution in [0.2, 0.25) is 5.02 Å². The van der Waals surface area contributed by atoms with Crippen LogP contribution in [0.4, 0.5) is 18.9 Å². The van der Waals surface area contributed by atoms with E-state index in [1.165, 1.54) is 19.2 Å². The first-order valence-electron chi connectivity index (χ1n) is 8.83. The van der Waals surface area contributed by atoms with Gasteiger partial charge in [0.25, 0.3) is 0 Å². The fourth-order valence-electron chi connectivity index (χ4n) is 4.30. The number of esters is 1. The van der Waals surface area contributed by atoms with Crippen LogP contribution < -0.4 is 5.32 Å². The Bertz CT molecular complexity index is 971. The summed E-state index contributed by atoms with van der Waals surface area (Å²) in [6.07, 6.45) is 0.0203. The van der Waals surface area contributed by atoms with Crippen LogP contribution in [0.1, 0.15) is 45.4 Å². The van der Waals surface area contributed by atoms with Gasteiger partial charge in [-0.05, 0) is 41.7 Å². The Morgan fingerprint density at radius 3 is 2.68 bits per heavy atom. The third-order valence-corrected chi connectivity index (χ3v) is 5.79. The van der Waals surface area contributed by atoms with Gasteiger partial charge in [0.1, 0.15) is 0 Å². The van der Waals surface area contributed by atoms with Gasteiger partial charge in [-0.3, -0.25) is 0 Å². The van der Waals surface area contributed by atoms with Gasteiger partial charge in [0.15, 0.2) is 0 Å². The third kappa shape index (κ3) is 2.96. The number of hydrogen-bond acceptors (Lipinski definition) is 3. The molecule has 0 amide bonds. The summed E-state index contributed by atoms with van der Waals surface area (Å²) in [5, 5.41) is 3.56. The lowest BCUT2D eigenvalue weighted by Crippen LogP contribution is -2.32. The van der Waals surface area contributed by atoms with Gasteiger partial charge in [0.2, 0.25) is 0 Å². The molecule has 3 atom stereocenters. The molecule has 2 aliphatic rings. The number of alkyl halides is 3. The Morgan fingerprint density at radius 1 is 1.21 bits per heavy atom. The van der Waals surface area contributed by atoms with Crippen molar-refractivity contribution < 1.29 is 22.7 Å². The first-order valence-corrected chi connectivity index (χ1v) is 9.20. The van der Waals surface area contributed by atoms with Gasteiger partial charge in [-0.2, -0.15) is 13.2 Å². The smallest absolute Gasteiger partial charge is 0.416 e. The minimum atomic E-state index is -4.46. The van der Waals surface area contributed by atoms with Crippen LogP contribution in [0.5, 0.6) is 0 Å². The van der Waals surface area contributed by atoms with E-state index in [2.05, 4.69) is 5.32 Å². The minimum absolute atomic E-state index is 0.169. The van der Waals surface area contributed by atoms with Crippen molar-refractivity contribution in [2.24, 2.45) is 5.92 Å². The van der Waals surface area contributed by atoms with Gasteiger partial charge in [0.05, 0.1) is 35.0 Å². The molecule has 2 aromatic carbocycles. The molecule has 1 heterocycles. The molecule has 1 aliphatic carbocycles. The molecule has 4 rings (SSSR count). The molecule has 3 unspecified atom stereocenters. The molecule has 0 radical (unpaired) electrons. The van der Waals surface area contributed by atoms with Crippen LogP contribution in [0, 0.1) is 5.92 Å². The number of halogens is 4. The number of carbonyl (C=O) groups is 1. The Balaban J connectivity index is 1.89. The van der Waals surface area contributed by atoms with Gasteiger partial charge in [-0.25, -0.2) is 4.79 Å². The predicted octanol–water partition coefficient (Wildman–Crippen LogP) is 5.97. The molecule has 0 aromatic heterocycles. The standard InChI is InChI=1S/C21H17ClF3NO2/c1-28-20(27)14-9-10-16(22)19-17(14)11-6-4-7-12(11)18(26-19)13-5-2-3-8-15(13)21(23,24)25/h2-6,8-12,18,26H,7H2,1H3. The summed E-state index contributed by atoms with van der Waals surface area (Å²) in [7, 11) is 1.30. The summed E-state index contributed by atoms with van der Waals surface area (Å²) in [6.45, 7) is 0. The molecule has 0 saturated heterocycles. The topological polar surface area (TPSA) is 38.3 Å². The average molecular weight is 408 g/mol. The second kappa shape index (κ2) is 6.85. The lowest BCUT2D eigenvalue weighted by molar-refractivity contribution is -0.138. The maximum atomic E-state index is 13.6. The zero-order valence-electron chi connectivity index (χ0n) is 14.9.